The molecule has 6 aromatic rings. The van der Waals surface area contributed by atoms with Crippen LogP contribution in [0.25, 0.3) is 27.2 Å². The van der Waals surface area contributed by atoms with Gasteiger partial charge in [0.05, 0.1) is 37.8 Å². The molecule has 0 radical (unpaired) electrons. The monoisotopic (exact) mass is 642 g/mol. The summed E-state index contributed by atoms with van der Waals surface area (Å²) in [6, 6.07) is 22.6. The van der Waals surface area contributed by atoms with Gasteiger partial charge in [0.25, 0.3) is 11.2 Å². The van der Waals surface area contributed by atoms with E-state index in [1.807, 2.05) is 54.6 Å². The van der Waals surface area contributed by atoms with E-state index in [-0.39, 0.29) is 33.7 Å². The van der Waals surface area contributed by atoms with Crippen molar-refractivity contribution in [3.05, 3.63) is 105 Å². The number of carbonyl (C=O) groups excluding carboxylic acids is 1. The molecule has 0 spiro atoms. The van der Waals surface area contributed by atoms with Crippen molar-refractivity contribution in [2.24, 2.45) is 17.3 Å². The molecule has 0 bridgehead atoms. The van der Waals surface area contributed by atoms with Gasteiger partial charge in [-0.1, -0.05) is 53.4 Å². The molecule has 0 saturated heterocycles. The Kier molecular flexibility index (Phi) is 8.15. The van der Waals surface area contributed by atoms with E-state index in [1.165, 1.54) is 52.0 Å². The number of thioether (sulfide) groups is 1. The Morgan fingerprint density at radius 1 is 1.00 bits per heavy atom. The zero-order chi connectivity index (χ0) is 30.8. The number of non-ortho nitro benzene ring substituents is 1. The molecule has 3 heterocycles. The summed E-state index contributed by atoms with van der Waals surface area (Å²) in [5, 5.41) is 23.0. The number of anilines is 1. The molecule has 0 aliphatic heterocycles. The fourth-order valence-electron chi connectivity index (χ4n) is 4.38. The fourth-order valence-corrected chi connectivity index (χ4v) is 7.06. The highest BCUT2D eigenvalue weighted by molar-refractivity contribution is 8.01. The summed E-state index contributed by atoms with van der Waals surface area (Å²) in [5.41, 5.74) is 2.78. The SMILES string of the molecule is Cc1c(-c2nc(NC(=O)CSc3nc4ccccc4s3)sc2N=Nc2ccc([N+](=O)[O-])cc2)c(=O)n(-c2ccccc2)n1C. The normalized spacial score (nSPS) is 11.4. The van der Waals surface area contributed by atoms with Gasteiger partial charge in [-0.3, -0.25) is 24.4 Å². The van der Waals surface area contributed by atoms with E-state index in [1.54, 1.807) is 18.7 Å². The van der Waals surface area contributed by atoms with Gasteiger partial charge in [0, 0.05) is 24.9 Å². The molecule has 0 unspecified atom stereocenters. The molecule has 0 saturated carbocycles. The maximum absolute atomic E-state index is 13.8. The first-order chi connectivity index (χ1) is 21.3. The van der Waals surface area contributed by atoms with Gasteiger partial charge in [-0.2, -0.15) is 0 Å². The highest BCUT2D eigenvalue weighted by atomic mass is 32.2. The Hall–Kier alpha value is -4.99. The summed E-state index contributed by atoms with van der Waals surface area (Å²) in [6.45, 7) is 1.81. The lowest BCUT2D eigenvalue weighted by atomic mass is 10.2. The Bertz CT molecular complexity index is 2060. The van der Waals surface area contributed by atoms with Gasteiger partial charge in [0.15, 0.2) is 14.5 Å². The van der Waals surface area contributed by atoms with Crippen molar-refractivity contribution in [2.75, 3.05) is 11.1 Å². The van der Waals surface area contributed by atoms with Crippen molar-refractivity contribution in [1.29, 1.82) is 0 Å². The number of para-hydroxylation sites is 2. The second-order valence-electron chi connectivity index (χ2n) is 9.37. The highest BCUT2D eigenvalue weighted by Crippen LogP contribution is 2.40. The van der Waals surface area contributed by atoms with Gasteiger partial charge < -0.3 is 5.32 Å². The number of aromatic nitrogens is 4. The van der Waals surface area contributed by atoms with Gasteiger partial charge in [-0.15, -0.1) is 21.6 Å². The van der Waals surface area contributed by atoms with Crippen LogP contribution in [0.3, 0.4) is 0 Å². The van der Waals surface area contributed by atoms with Gasteiger partial charge in [-0.05, 0) is 43.3 Å². The van der Waals surface area contributed by atoms with Gasteiger partial charge >= 0.3 is 0 Å². The van der Waals surface area contributed by atoms with Crippen molar-refractivity contribution in [2.45, 2.75) is 11.3 Å². The molecule has 0 fully saturated rings. The number of thiazole rings is 2. The number of nitro benzene ring substituents is 1. The minimum Gasteiger partial charge on any atom is -0.301 e. The molecule has 220 valence electrons. The number of nitrogens with zero attached hydrogens (tertiary/aromatic N) is 7. The quantitative estimate of drug-likeness (QED) is 0.0754. The van der Waals surface area contributed by atoms with Crippen molar-refractivity contribution in [1.82, 2.24) is 19.3 Å². The zero-order valence-electron chi connectivity index (χ0n) is 23.2. The Balaban J connectivity index is 1.32. The van der Waals surface area contributed by atoms with E-state index in [4.69, 9.17) is 0 Å². The lowest BCUT2D eigenvalue weighted by molar-refractivity contribution is -0.384. The standard InChI is InChI=1S/C29H22N8O4S3/c1-17-24(27(39)36(35(17)2)19-8-4-3-5-9-19)25-26(34-33-18-12-14-20(15-13-18)37(40)41)44-28(32-25)31-23(38)16-42-29-30-21-10-6-7-11-22(21)43-29/h3-15H,16H2,1-2H3,(H,31,32,38). The van der Waals surface area contributed by atoms with Gasteiger partial charge in [0.1, 0.15) is 5.69 Å². The molecule has 3 aromatic carbocycles. The number of nitro groups is 1. The van der Waals surface area contributed by atoms with Crippen LogP contribution < -0.4 is 10.9 Å². The average Bonchev–Trinajstić information content (AvgIpc) is 3.68. The average molecular weight is 643 g/mol. The fraction of sp³-hybridized carbons (Fsp3) is 0.103. The number of benzene rings is 3. The molecule has 12 nitrogen and oxygen atoms in total. The van der Waals surface area contributed by atoms with Crippen LogP contribution in [0.1, 0.15) is 5.69 Å². The topological polar surface area (TPSA) is 150 Å². The third-order valence-corrected chi connectivity index (χ3v) is 9.60. The Labute approximate surface area is 261 Å². The van der Waals surface area contributed by atoms with Crippen LogP contribution in [0.2, 0.25) is 0 Å². The third-order valence-electron chi connectivity index (χ3n) is 6.56. The number of amides is 1. The molecular formula is C29H22N8O4S3. The molecule has 6 rings (SSSR count). The van der Waals surface area contributed by atoms with Crippen molar-refractivity contribution in [3.8, 4) is 16.9 Å². The number of nitrogens with one attached hydrogen (secondary N) is 1. The van der Waals surface area contributed by atoms with Crippen LogP contribution in [0.5, 0.6) is 0 Å². The minimum atomic E-state index is -0.498. The van der Waals surface area contributed by atoms with E-state index >= 15 is 0 Å². The van der Waals surface area contributed by atoms with Crippen LogP contribution in [0.4, 0.5) is 21.5 Å². The smallest absolute Gasteiger partial charge is 0.281 e. The number of carbonyl (C=O) groups is 1. The van der Waals surface area contributed by atoms with Crippen molar-refractivity contribution < 1.29 is 9.72 Å². The zero-order valence-corrected chi connectivity index (χ0v) is 25.7. The van der Waals surface area contributed by atoms with E-state index < -0.39 is 4.92 Å². The summed E-state index contributed by atoms with van der Waals surface area (Å²) in [7, 11) is 1.78. The van der Waals surface area contributed by atoms with Crippen molar-refractivity contribution >= 4 is 72.1 Å². The van der Waals surface area contributed by atoms with Gasteiger partial charge in [0.2, 0.25) is 5.91 Å². The van der Waals surface area contributed by atoms with E-state index in [0.717, 1.165) is 25.9 Å². The van der Waals surface area contributed by atoms with Crippen LogP contribution >= 0.6 is 34.4 Å². The maximum atomic E-state index is 13.8. The Morgan fingerprint density at radius 2 is 1.73 bits per heavy atom. The van der Waals surface area contributed by atoms with E-state index in [2.05, 4.69) is 25.5 Å². The van der Waals surface area contributed by atoms with E-state index in [9.17, 15) is 19.7 Å². The second-order valence-corrected chi connectivity index (χ2v) is 12.6. The summed E-state index contributed by atoms with van der Waals surface area (Å²) in [4.78, 5) is 46.4. The van der Waals surface area contributed by atoms with Crippen molar-refractivity contribution in [3.63, 3.8) is 0 Å². The summed E-state index contributed by atoms with van der Waals surface area (Å²) in [6.07, 6.45) is 0. The number of fused-ring (bicyclic) bond motifs is 1. The Morgan fingerprint density at radius 3 is 2.45 bits per heavy atom. The molecule has 3 aromatic heterocycles. The minimum absolute atomic E-state index is 0.0717. The summed E-state index contributed by atoms with van der Waals surface area (Å²) in [5.74, 6) is -0.181. The predicted molar refractivity (Wildman–Crippen MR) is 173 cm³/mol. The molecule has 15 heteroatoms. The van der Waals surface area contributed by atoms with Gasteiger partial charge in [-0.25, -0.2) is 14.6 Å². The number of rotatable bonds is 9. The number of azo groups is 1. The molecule has 0 aliphatic rings. The third kappa shape index (κ3) is 5.92. The highest BCUT2D eigenvalue weighted by Gasteiger charge is 2.25. The lowest BCUT2D eigenvalue weighted by Crippen LogP contribution is -2.20. The molecule has 0 atom stereocenters. The largest absolute Gasteiger partial charge is 0.301 e. The molecule has 1 amide bonds. The molecule has 44 heavy (non-hydrogen) atoms. The lowest BCUT2D eigenvalue weighted by Gasteiger charge is -2.07. The second kappa shape index (κ2) is 12.3. The van der Waals surface area contributed by atoms with Crippen LogP contribution in [-0.2, 0) is 11.8 Å². The summed E-state index contributed by atoms with van der Waals surface area (Å²) >= 11 is 3.91. The maximum Gasteiger partial charge on any atom is 0.281 e. The van der Waals surface area contributed by atoms with Crippen LogP contribution in [0.15, 0.2) is 98.2 Å². The first kappa shape index (κ1) is 29.1. The number of hydrogen-bond acceptors (Lipinski definition) is 11. The van der Waals surface area contributed by atoms with Crippen LogP contribution in [-0.4, -0.2) is 35.9 Å². The first-order valence-electron chi connectivity index (χ1n) is 13.1. The predicted octanol–water partition coefficient (Wildman–Crippen LogP) is 7.27. The molecule has 1 N–H and O–H groups in total. The van der Waals surface area contributed by atoms with Crippen LogP contribution in [0, 0.1) is 17.0 Å². The number of hydrogen-bond donors (Lipinski definition) is 1. The summed E-state index contributed by atoms with van der Waals surface area (Å²) < 4.78 is 5.09. The molecule has 0 aliphatic carbocycles. The molecular weight excluding hydrogens is 621 g/mol. The van der Waals surface area contributed by atoms with E-state index in [0.29, 0.717) is 27.6 Å². The first-order valence-corrected chi connectivity index (χ1v) is 15.7.